The highest BCUT2D eigenvalue weighted by Crippen LogP contribution is 2.33. The molecule has 2 atom stereocenters. The van der Waals surface area contributed by atoms with Gasteiger partial charge in [0, 0.05) is 6.61 Å². The fourth-order valence-electron chi connectivity index (χ4n) is 2.86. The van der Waals surface area contributed by atoms with Crippen LogP contribution in [-0.4, -0.2) is 37.1 Å². The summed E-state index contributed by atoms with van der Waals surface area (Å²) in [5, 5.41) is 13.4. The number of nitrogens with one attached hydrogen (secondary N) is 1. The van der Waals surface area contributed by atoms with Crippen molar-refractivity contribution in [2.45, 2.75) is 44.2 Å². The molecule has 0 aromatic heterocycles. The van der Waals surface area contributed by atoms with E-state index in [0.29, 0.717) is 6.61 Å². The molecule has 112 valence electrons. The Labute approximate surface area is 121 Å². The van der Waals surface area contributed by atoms with Gasteiger partial charge in [0.25, 0.3) is 0 Å². The number of para-hydroxylation sites is 2. The Balaban J connectivity index is 2.14. The highest BCUT2D eigenvalue weighted by atomic mass is 16.5. The molecule has 1 fully saturated rings. The number of aliphatic hydroxyl groups excluding tert-OH is 1. The summed E-state index contributed by atoms with van der Waals surface area (Å²) in [6.45, 7) is 2.95. The van der Waals surface area contributed by atoms with E-state index in [1.54, 1.807) is 7.11 Å². The van der Waals surface area contributed by atoms with Crippen LogP contribution in [0.4, 0.5) is 5.69 Å². The lowest BCUT2D eigenvalue weighted by Crippen LogP contribution is -2.49. The van der Waals surface area contributed by atoms with E-state index in [1.807, 2.05) is 24.3 Å². The summed E-state index contributed by atoms with van der Waals surface area (Å²) < 4.78 is 11.2. The van der Waals surface area contributed by atoms with Crippen molar-refractivity contribution in [1.29, 1.82) is 0 Å². The summed E-state index contributed by atoms with van der Waals surface area (Å²) in [6.07, 6.45) is 4.00. The normalized spacial score (nSPS) is 26.2. The molecule has 0 spiro atoms. The van der Waals surface area contributed by atoms with Crippen LogP contribution in [0.2, 0.25) is 0 Å². The summed E-state index contributed by atoms with van der Waals surface area (Å²) in [4.78, 5) is 0. The van der Waals surface area contributed by atoms with Crippen LogP contribution in [-0.2, 0) is 4.74 Å². The lowest BCUT2D eigenvalue weighted by Gasteiger charge is -2.41. The molecule has 0 bridgehead atoms. The average molecular weight is 279 g/mol. The molecule has 2 rings (SSSR count). The zero-order valence-corrected chi connectivity index (χ0v) is 12.4. The topological polar surface area (TPSA) is 50.7 Å². The van der Waals surface area contributed by atoms with Crippen molar-refractivity contribution in [2.24, 2.45) is 0 Å². The Morgan fingerprint density at radius 1 is 1.45 bits per heavy atom. The molecule has 2 unspecified atom stereocenters. The standard InChI is InChI=1S/C16H25NO3/c1-3-6-13-11-16(12-18,9-10-20-13)17-14-7-4-5-8-15(14)19-2/h4-5,7-8,13,17-18H,3,6,9-12H2,1-2H3. The number of benzene rings is 1. The van der Waals surface area contributed by atoms with Gasteiger partial charge >= 0.3 is 0 Å². The van der Waals surface area contributed by atoms with Crippen molar-refractivity contribution in [3.8, 4) is 5.75 Å². The highest BCUT2D eigenvalue weighted by Gasteiger charge is 2.36. The van der Waals surface area contributed by atoms with E-state index in [4.69, 9.17) is 9.47 Å². The van der Waals surface area contributed by atoms with Gasteiger partial charge in [-0.1, -0.05) is 25.5 Å². The molecule has 0 amide bonds. The Bertz CT molecular complexity index is 422. The molecule has 1 aromatic carbocycles. The van der Waals surface area contributed by atoms with E-state index < -0.39 is 0 Å². The zero-order chi connectivity index (χ0) is 14.4. The molecule has 1 aliphatic heterocycles. The minimum atomic E-state index is -0.313. The van der Waals surface area contributed by atoms with Crippen molar-refractivity contribution >= 4 is 5.69 Å². The van der Waals surface area contributed by atoms with E-state index in [2.05, 4.69) is 12.2 Å². The lowest BCUT2D eigenvalue weighted by molar-refractivity contribution is -0.0300. The van der Waals surface area contributed by atoms with Gasteiger partial charge in [-0.05, 0) is 31.4 Å². The number of rotatable bonds is 6. The predicted octanol–water partition coefficient (Wildman–Crippen LogP) is 2.82. The third kappa shape index (κ3) is 3.44. The smallest absolute Gasteiger partial charge is 0.141 e. The van der Waals surface area contributed by atoms with Gasteiger partial charge in [-0.2, -0.15) is 0 Å². The molecule has 1 heterocycles. The van der Waals surface area contributed by atoms with Crippen molar-refractivity contribution in [3.63, 3.8) is 0 Å². The zero-order valence-electron chi connectivity index (χ0n) is 12.4. The maximum Gasteiger partial charge on any atom is 0.141 e. The Hall–Kier alpha value is -1.26. The first-order valence-electron chi connectivity index (χ1n) is 7.36. The minimum Gasteiger partial charge on any atom is -0.495 e. The quantitative estimate of drug-likeness (QED) is 0.840. The van der Waals surface area contributed by atoms with E-state index in [0.717, 1.165) is 37.1 Å². The number of methoxy groups -OCH3 is 1. The van der Waals surface area contributed by atoms with Gasteiger partial charge in [-0.3, -0.25) is 0 Å². The highest BCUT2D eigenvalue weighted by molar-refractivity contribution is 5.57. The summed E-state index contributed by atoms with van der Waals surface area (Å²) in [6, 6.07) is 7.83. The van der Waals surface area contributed by atoms with Crippen molar-refractivity contribution in [1.82, 2.24) is 0 Å². The molecule has 1 aliphatic rings. The van der Waals surface area contributed by atoms with Crippen molar-refractivity contribution in [3.05, 3.63) is 24.3 Å². The summed E-state index contributed by atoms with van der Waals surface area (Å²) >= 11 is 0. The first kappa shape index (κ1) is 15.1. The van der Waals surface area contributed by atoms with Crippen LogP contribution in [0.1, 0.15) is 32.6 Å². The first-order valence-corrected chi connectivity index (χ1v) is 7.36. The number of aliphatic hydroxyl groups is 1. The molecule has 1 saturated heterocycles. The average Bonchev–Trinajstić information content (AvgIpc) is 2.48. The molecule has 20 heavy (non-hydrogen) atoms. The SMILES string of the molecule is CCCC1CC(CO)(Nc2ccccc2OC)CCO1. The number of anilines is 1. The second kappa shape index (κ2) is 6.95. The molecule has 0 radical (unpaired) electrons. The van der Waals surface area contributed by atoms with Crippen LogP contribution in [0.25, 0.3) is 0 Å². The fourth-order valence-corrected chi connectivity index (χ4v) is 2.86. The van der Waals surface area contributed by atoms with Gasteiger partial charge < -0.3 is 19.9 Å². The molecule has 1 aromatic rings. The van der Waals surface area contributed by atoms with Crippen LogP contribution in [0.3, 0.4) is 0 Å². The maximum atomic E-state index is 9.89. The van der Waals surface area contributed by atoms with Crippen molar-refractivity contribution in [2.75, 3.05) is 25.6 Å². The summed E-state index contributed by atoms with van der Waals surface area (Å²) in [7, 11) is 1.66. The third-order valence-corrected chi connectivity index (χ3v) is 3.97. The van der Waals surface area contributed by atoms with Crippen molar-refractivity contribution < 1.29 is 14.6 Å². The summed E-state index contributed by atoms with van der Waals surface area (Å²) in [5.74, 6) is 0.804. The van der Waals surface area contributed by atoms with Gasteiger partial charge in [0.2, 0.25) is 0 Å². The molecule has 4 heteroatoms. The molecule has 0 aliphatic carbocycles. The molecule has 2 N–H and O–H groups in total. The molecular weight excluding hydrogens is 254 g/mol. The fraction of sp³-hybridized carbons (Fsp3) is 0.625. The minimum absolute atomic E-state index is 0.106. The molecule has 0 saturated carbocycles. The van der Waals surface area contributed by atoms with Gasteiger partial charge in [-0.25, -0.2) is 0 Å². The maximum absolute atomic E-state index is 9.89. The Kier molecular flexibility index (Phi) is 5.26. The Morgan fingerprint density at radius 2 is 2.25 bits per heavy atom. The number of ether oxygens (including phenoxy) is 2. The van der Waals surface area contributed by atoms with Gasteiger partial charge in [-0.15, -0.1) is 0 Å². The third-order valence-electron chi connectivity index (χ3n) is 3.97. The Morgan fingerprint density at radius 3 is 2.95 bits per heavy atom. The number of hydrogen-bond donors (Lipinski definition) is 2. The second-order valence-electron chi connectivity index (χ2n) is 5.50. The van der Waals surface area contributed by atoms with E-state index >= 15 is 0 Å². The second-order valence-corrected chi connectivity index (χ2v) is 5.50. The number of hydrogen-bond acceptors (Lipinski definition) is 4. The van der Waals surface area contributed by atoms with Gasteiger partial charge in [0.05, 0.1) is 31.0 Å². The largest absolute Gasteiger partial charge is 0.495 e. The molecule has 4 nitrogen and oxygen atoms in total. The monoisotopic (exact) mass is 279 g/mol. The van der Waals surface area contributed by atoms with Crippen LogP contribution < -0.4 is 10.1 Å². The van der Waals surface area contributed by atoms with Crippen LogP contribution in [0.5, 0.6) is 5.75 Å². The van der Waals surface area contributed by atoms with E-state index in [1.165, 1.54) is 0 Å². The van der Waals surface area contributed by atoms with E-state index in [-0.39, 0.29) is 18.2 Å². The summed E-state index contributed by atoms with van der Waals surface area (Å²) in [5.41, 5.74) is 0.619. The van der Waals surface area contributed by atoms with E-state index in [9.17, 15) is 5.11 Å². The predicted molar refractivity (Wildman–Crippen MR) is 80.3 cm³/mol. The van der Waals surface area contributed by atoms with Crippen LogP contribution in [0, 0.1) is 0 Å². The van der Waals surface area contributed by atoms with Gasteiger partial charge in [0.15, 0.2) is 0 Å². The van der Waals surface area contributed by atoms with Crippen LogP contribution >= 0.6 is 0 Å². The van der Waals surface area contributed by atoms with Gasteiger partial charge in [0.1, 0.15) is 5.75 Å². The molecular formula is C16H25NO3. The van der Waals surface area contributed by atoms with Crippen LogP contribution in [0.15, 0.2) is 24.3 Å². The first-order chi connectivity index (χ1) is 9.73. The lowest BCUT2D eigenvalue weighted by atomic mass is 9.85.